The van der Waals surface area contributed by atoms with E-state index in [1.807, 2.05) is 0 Å². The van der Waals surface area contributed by atoms with Crippen molar-refractivity contribution in [3.05, 3.63) is 35.6 Å². The Balaban J connectivity index is 1.85. The Morgan fingerprint density at radius 2 is 1.68 bits per heavy atom. The predicted octanol–water partition coefficient (Wildman–Crippen LogP) is 1.17. The molecule has 1 aliphatic rings. The van der Waals surface area contributed by atoms with Crippen molar-refractivity contribution in [3.8, 4) is 5.75 Å². The van der Waals surface area contributed by atoms with Gasteiger partial charge in [-0.3, -0.25) is 4.68 Å². The van der Waals surface area contributed by atoms with Gasteiger partial charge in [0.2, 0.25) is 20.0 Å². The maximum absolute atomic E-state index is 13.1. The Morgan fingerprint density at radius 3 is 2.25 bits per heavy atom. The number of benzene rings is 1. The molecule has 0 aliphatic carbocycles. The molecule has 1 aromatic carbocycles. The number of aryl methyl sites for hydroxylation is 1. The van der Waals surface area contributed by atoms with E-state index in [1.54, 1.807) is 13.1 Å². The van der Waals surface area contributed by atoms with Crippen molar-refractivity contribution >= 4 is 31.6 Å². The number of aromatic nitrogens is 2. The second kappa shape index (κ2) is 7.99. The van der Waals surface area contributed by atoms with E-state index in [1.165, 1.54) is 44.9 Å². The van der Waals surface area contributed by atoms with Crippen LogP contribution in [-0.2, 0) is 27.1 Å². The first-order valence-corrected chi connectivity index (χ1v) is 11.7. The molecule has 2 aromatic rings. The zero-order valence-electron chi connectivity index (χ0n) is 15.4. The highest BCUT2D eigenvalue weighted by Gasteiger charge is 2.33. The van der Waals surface area contributed by atoms with Gasteiger partial charge in [0, 0.05) is 44.4 Å². The van der Waals surface area contributed by atoms with Gasteiger partial charge in [0.1, 0.15) is 15.5 Å². The maximum atomic E-state index is 13.1. The molecule has 0 amide bonds. The summed E-state index contributed by atoms with van der Waals surface area (Å²) in [6.45, 7) is 0.476. The van der Waals surface area contributed by atoms with E-state index >= 15 is 0 Å². The molecule has 12 heteroatoms. The highest BCUT2D eigenvalue weighted by Crippen LogP contribution is 2.30. The molecule has 1 aliphatic heterocycles. The Kier molecular flexibility index (Phi) is 6.01. The minimum Gasteiger partial charge on any atom is -0.495 e. The number of methoxy groups -OCH3 is 1. The average Bonchev–Trinajstić information content (AvgIpc) is 2.93. The lowest BCUT2D eigenvalue weighted by Crippen LogP contribution is -2.37. The summed E-state index contributed by atoms with van der Waals surface area (Å²) in [5.41, 5.74) is 0. The summed E-state index contributed by atoms with van der Waals surface area (Å²) in [5, 5.41) is 4.17. The highest BCUT2D eigenvalue weighted by molar-refractivity contribution is 7.89. The Morgan fingerprint density at radius 1 is 1.04 bits per heavy atom. The summed E-state index contributed by atoms with van der Waals surface area (Å²) >= 11 is 5.97. The largest absolute Gasteiger partial charge is 0.495 e. The number of ether oxygens (including phenoxy) is 1. The van der Waals surface area contributed by atoms with Crippen LogP contribution in [0.4, 0.5) is 0 Å². The average molecular weight is 449 g/mol. The van der Waals surface area contributed by atoms with Crippen molar-refractivity contribution in [2.75, 3.05) is 33.3 Å². The zero-order valence-corrected chi connectivity index (χ0v) is 17.8. The Hall–Kier alpha value is -1.66. The molecular formula is C16H21ClN4O5S2. The van der Waals surface area contributed by atoms with E-state index in [9.17, 15) is 16.8 Å². The summed E-state index contributed by atoms with van der Waals surface area (Å²) in [7, 11) is -4.61. The lowest BCUT2D eigenvalue weighted by molar-refractivity contribution is 0.388. The summed E-state index contributed by atoms with van der Waals surface area (Å²) in [6, 6.07) is 4.38. The minimum absolute atomic E-state index is 0.0253. The third-order valence-corrected chi connectivity index (χ3v) is 8.48. The summed E-state index contributed by atoms with van der Waals surface area (Å²) in [5.74, 6) is 0.188. The molecule has 9 nitrogen and oxygen atoms in total. The molecule has 0 bridgehead atoms. The molecular weight excluding hydrogens is 428 g/mol. The number of hydrogen-bond acceptors (Lipinski definition) is 6. The first-order chi connectivity index (χ1) is 13.2. The van der Waals surface area contributed by atoms with Crippen molar-refractivity contribution in [1.82, 2.24) is 18.4 Å². The van der Waals surface area contributed by atoms with Crippen LogP contribution in [-0.4, -0.2) is 68.5 Å². The second-order valence-corrected chi connectivity index (χ2v) is 10.6. The molecule has 1 saturated heterocycles. The summed E-state index contributed by atoms with van der Waals surface area (Å²) in [4.78, 5) is 0.0499. The van der Waals surface area contributed by atoms with Crippen molar-refractivity contribution in [1.29, 1.82) is 0 Å². The first kappa shape index (κ1) is 21.1. The lowest BCUT2D eigenvalue weighted by Gasteiger charge is -2.22. The molecule has 0 atom stereocenters. The van der Waals surface area contributed by atoms with Gasteiger partial charge in [-0.15, -0.1) is 0 Å². The third-order valence-electron chi connectivity index (χ3n) is 4.48. The number of nitrogens with zero attached hydrogens (tertiary/aromatic N) is 4. The fourth-order valence-corrected chi connectivity index (χ4v) is 6.37. The molecule has 0 unspecified atom stereocenters. The molecule has 0 spiro atoms. The molecule has 2 heterocycles. The van der Waals surface area contributed by atoms with Gasteiger partial charge in [0.25, 0.3) is 0 Å². The molecule has 1 aromatic heterocycles. The highest BCUT2D eigenvalue weighted by atomic mass is 35.5. The van der Waals surface area contributed by atoms with E-state index < -0.39 is 20.0 Å². The van der Waals surface area contributed by atoms with E-state index in [0.717, 1.165) is 0 Å². The normalized spacial score (nSPS) is 17.4. The minimum atomic E-state index is -3.89. The van der Waals surface area contributed by atoms with Gasteiger partial charge in [-0.2, -0.15) is 13.7 Å². The summed E-state index contributed by atoms with van der Waals surface area (Å²) < 4.78 is 60.9. The lowest BCUT2D eigenvalue weighted by atomic mass is 10.3. The van der Waals surface area contributed by atoms with Gasteiger partial charge in [-0.05, 0) is 24.6 Å². The van der Waals surface area contributed by atoms with Crippen LogP contribution in [0.15, 0.2) is 40.4 Å². The third kappa shape index (κ3) is 4.03. The van der Waals surface area contributed by atoms with Crippen LogP contribution >= 0.6 is 11.6 Å². The van der Waals surface area contributed by atoms with Gasteiger partial charge in [0.05, 0.1) is 13.3 Å². The topological polar surface area (TPSA) is 102 Å². The van der Waals surface area contributed by atoms with Crippen LogP contribution in [0.25, 0.3) is 0 Å². The number of sulfonamides is 2. The predicted molar refractivity (Wildman–Crippen MR) is 103 cm³/mol. The van der Waals surface area contributed by atoms with Gasteiger partial charge in [0.15, 0.2) is 0 Å². The number of hydrogen-bond donors (Lipinski definition) is 0. The second-order valence-electron chi connectivity index (χ2n) is 6.31. The van der Waals surface area contributed by atoms with Crippen LogP contribution in [0.3, 0.4) is 0 Å². The SMILES string of the molecule is COc1ccc(Cl)cc1S(=O)(=O)N1CCCN(S(=O)(=O)c2cnn(C)c2)CC1. The monoisotopic (exact) mass is 448 g/mol. The van der Waals surface area contributed by atoms with Crippen molar-refractivity contribution in [3.63, 3.8) is 0 Å². The van der Waals surface area contributed by atoms with Gasteiger partial charge in [-0.1, -0.05) is 11.6 Å². The number of rotatable bonds is 5. The van der Waals surface area contributed by atoms with Crippen molar-refractivity contribution in [2.45, 2.75) is 16.2 Å². The molecule has 1 fully saturated rings. The van der Waals surface area contributed by atoms with Crippen LogP contribution in [0, 0.1) is 0 Å². The molecule has 0 N–H and O–H groups in total. The van der Waals surface area contributed by atoms with Crippen LogP contribution in [0.5, 0.6) is 5.75 Å². The van der Waals surface area contributed by atoms with Gasteiger partial charge >= 0.3 is 0 Å². The molecule has 28 heavy (non-hydrogen) atoms. The fraction of sp³-hybridized carbons (Fsp3) is 0.438. The quantitative estimate of drug-likeness (QED) is 0.680. The van der Waals surface area contributed by atoms with Crippen molar-refractivity contribution in [2.24, 2.45) is 7.05 Å². The summed E-state index contributed by atoms with van der Waals surface area (Å²) in [6.07, 6.45) is 3.07. The molecule has 154 valence electrons. The fourth-order valence-electron chi connectivity index (χ4n) is 3.02. The molecule has 3 rings (SSSR count). The van der Waals surface area contributed by atoms with Gasteiger partial charge < -0.3 is 4.74 Å². The van der Waals surface area contributed by atoms with Crippen LogP contribution < -0.4 is 4.74 Å². The maximum Gasteiger partial charge on any atom is 0.246 e. The standard InChI is InChI=1S/C16H21ClN4O5S2/c1-19-12-14(11-18-19)27(22,23)20-6-3-7-21(9-8-20)28(24,25)16-10-13(17)4-5-15(16)26-2/h4-5,10-12H,3,6-9H2,1-2H3. The van der Waals surface area contributed by atoms with Crippen molar-refractivity contribution < 1.29 is 21.6 Å². The molecule has 0 radical (unpaired) electrons. The number of halogens is 1. The Bertz CT molecular complexity index is 1070. The van der Waals surface area contributed by atoms with Crippen LogP contribution in [0.1, 0.15) is 6.42 Å². The zero-order chi connectivity index (χ0) is 20.5. The van der Waals surface area contributed by atoms with E-state index in [0.29, 0.717) is 6.42 Å². The molecule has 0 saturated carbocycles. The Labute approximate surface area is 169 Å². The van der Waals surface area contributed by atoms with E-state index in [2.05, 4.69) is 5.10 Å². The first-order valence-electron chi connectivity index (χ1n) is 8.49. The van der Waals surface area contributed by atoms with E-state index in [-0.39, 0.29) is 46.7 Å². The van der Waals surface area contributed by atoms with Gasteiger partial charge in [-0.25, -0.2) is 16.8 Å². The van der Waals surface area contributed by atoms with E-state index in [4.69, 9.17) is 16.3 Å². The van der Waals surface area contributed by atoms with Crippen LogP contribution in [0.2, 0.25) is 5.02 Å². The smallest absolute Gasteiger partial charge is 0.246 e.